The van der Waals surface area contributed by atoms with Gasteiger partial charge in [0.2, 0.25) is 15.9 Å². The second-order valence-electron chi connectivity index (χ2n) is 5.20. The van der Waals surface area contributed by atoms with Crippen molar-refractivity contribution >= 4 is 44.2 Å². The van der Waals surface area contributed by atoms with Crippen LogP contribution in [0, 0.1) is 3.57 Å². The second kappa shape index (κ2) is 8.59. The van der Waals surface area contributed by atoms with Gasteiger partial charge in [-0.2, -0.15) is 0 Å². The first-order valence-electron chi connectivity index (χ1n) is 7.55. The maximum absolute atomic E-state index is 12.0. The topological polar surface area (TPSA) is 75.3 Å². The van der Waals surface area contributed by atoms with Crippen LogP contribution in [0.15, 0.2) is 53.4 Å². The Bertz CT molecular complexity index is 788. The summed E-state index contributed by atoms with van der Waals surface area (Å²) >= 11 is 2.21. The van der Waals surface area contributed by atoms with E-state index in [0.29, 0.717) is 19.4 Å². The fourth-order valence-corrected chi connectivity index (χ4v) is 3.52. The van der Waals surface area contributed by atoms with Crippen molar-refractivity contribution in [1.82, 2.24) is 4.72 Å². The van der Waals surface area contributed by atoms with Gasteiger partial charge in [-0.05, 0) is 71.0 Å². The van der Waals surface area contributed by atoms with E-state index in [0.717, 1.165) is 14.8 Å². The number of hydrogen-bond acceptors (Lipinski definition) is 3. The number of sulfonamides is 1. The fraction of sp³-hybridized carbons (Fsp3) is 0.235. The average Bonchev–Trinajstić information content (AvgIpc) is 2.55. The van der Waals surface area contributed by atoms with Crippen molar-refractivity contribution in [2.45, 2.75) is 24.7 Å². The van der Waals surface area contributed by atoms with Gasteiger partial charge in [0, 0.05) is 22.2 Å². The molecule has 24 heavy (non-hydrogen) atoms. The minimum atomic E-state index is -3.43. The molecule has 5 nitrogen and oxygen atoms in total. The van der Waals surface area contributed by atoms with Gasteiger partial charge in [0.1, 0.15) is 0 Å². The van der Waals surface area contributed by atoms with Crippen LogP contribution in [0.1, 0.15) is 18.9 Å². The molecule has 0 atom stereocenters. The number of nitrogens with one attached hydrogen (secondary N) is 2. The van der Waals surface area contributed by atoms with Gasteiger partial charge >= 0.3 is 0 Å². The maximum atomic E-state index is 12.0. The first kappa shape index (κ1) is 18.9. The second-order valence-corrected chi connectivity index (χ2v) is 8.21. The smallest absolute Gasteiger partial charge is 0.240 e. The Morgan fingerprint density at radius 2 is 1.67 bits per heavy atom. The Morgan fingerprint density at radius 3 is 2.25 bits per heavy atom. The van der Waals surface area contributed by atoms with Gasteiger partial charge in [0.25, 0.3) is 0 Å². The molecule has 0 bridgehead atoms. The number of halogens is 1. The highest BCUT2D eigenvalue weighted by molar-refractivity contribution is 14.1. The molecule has 2 aromatic rings. The molecule has 0 aliphatic heterocycles. The number of benzene rings is 2. The first-order valence-corrected chi connectivity index (χ1v) is 10.1. The monoisotopic (exact) mass is 458 g/mol. The Morgan fingerprint density at radius 1 is 1.04 bits per heavy atom. The number of carbonyl (C=O) groups excluding carboxylic acids is 1. The van der Waals surface area contributed by atoms with Crippen molar-refractivity contribution in [3.8, 4) is 0 Å². The first-order chi connectivity index (χ1) is 11.4. The molecule has 0 saturated carbocycles. The molecule has 0 heterocycles. The predicted octanol–water partition coefficient (Wildman–Crippen LogP) is 3.16. The van der Waals surface area contributed by atoms with E-state index in [2.05, 4.69) is 32.6 Å². The van der Waals surface area contributed by atoms with Crippen molar-refractivity contribution < 1.29 is 13.2 Å². The van der Waals surface area contributed by atoms with E-state index < -0.39 is 10.0 Å². The quantitative estimate of drug-likeness (QED) is 0.627. The number of carbonyl (C=O) groups is 1. The fourth-order valence-electron chi connectivity index (χ4n) is 2.12. The molecule has 2 rings (SSSR count). The summed E-state index contributed by atoms with van der Waals surface area (Å²) in [6.45, 7) is 2.08. The highest BCUT2D eigenvalue weighted by Crippen LogP contribution is 2.14. The van der Waals surface area contributed by atoms with Crippen LogP contribution >= 0.6 is 22.6 Å². The van der Waals surface area contributed by atoms with E-state index in [-0.39, 0.29) is 10.8 Å². The van der Waals surface area contributed by atoms with Crippen LogP contribution < -0.4 is 10.0 Å². The summed E-state index contributed by atoms with van der Waals surface area (Å²) in [4.78, 5) is 12.2. The summed E-state index contributed by atoms with van der Waals surface area (Å²) in [5, 5.41) is 2.84. The highest BCUT2D eigenvalue weighted by Gasteiger charge is 2.12. The van der Waals surface area contributed by atoms with E-state index in [1.807, 2.05) is 24.3 Å². The van der Waals surface area contributed by atoms with E-state index in [1.54, 1.807) is 31.2 Å². The zero-order chi connectivity index (χ0) is 17.6. The lowest BCUT2D eigenvalue weighted by Gasteiger charge is -2.07. The lowest BCUT2D eigenvalue weighted by molar-refractivity contribution is -0.116. The molecule has 0 fully saturated rings. The van der Waals surface area contributed by atoms with Crippen LogP contribution in [-0.4, -0.2) is 20.9 Å². The number of aryl methyl sites for hydroxylation is 1. The molecule has 0 aromatic heterocycles. The molecule has 0 aliphatic carbocycles. The van der Waals surface area contributed by atoms with Gasteiger partial charge in [0.05, 0.1) is 4.90 Å². The zero-order valence-electron chi connectivity index (χ0n) is 13.3. The van der Waals surface area contributed by atoms with Crippen molar-refractivity contribution in [2.24, 2.45) is 0 Å². The Kier molecular flexibility index (Phi) is 6.76. The molecule has 7 heteroatoms. The van der Waals surface area contributed by atoms with E-state index in [1.165, 1.54) is 0 Å². The van der Waals surface area contributed by atoms with E-state index >= 15 is 0 Å². The molecule has 0 saturated heterocycles. The maximum Gasteiger partial charge on any atom is 0.240 e. The Hall–Kier alpha value is -1.45. The molecule has 128 valence electrons. The summed E-state index contributed by atoms with van der Waals surface area (Å²) < 4.78 is 27.3. The summed E-state index contributed by atoms with van der Waals surface area (Å²) in [5.41, 5.74) is 1.69. The molecule has 0 unspecified atom stereocenters. The minimum Gasteiger partial charge on any atom is -0.326 e. The summed E-state index contributed by atoms with van der Waals surface area (Å²) in [5.74, 6) is -0.0689. The van der Waals surface area contributed by atoms with Gasteiger partial charge in [-0.15, -0.1) is 0 Å². The molecule has 2 N–H and O–H groups in total. The van der Waals surface area contributed by atoms with E-state index in [9.17, 15) is 13.2 Å². The average molecular weight is 458 g/mol. The molecule has 0 aliphatic rings. The third-order valence-electron chi connectivity index (χ3n) is 3.34. The summed E-state index contributed by atoms with van der Waals surface area (Å²) in [6, 6.07) is 14.2. The minimum absolute atomic E-state index is 0.0689. The molecular weight excluding hydrogens is 439 g/mol. The lowest BCUT2D eigenvalue weighted by Crippen LogP contribution is -2.23. The summed E-state index contributed by atoms with van der Waals surface area (Å²) in [6.07, 6.45) is 0.892. The number of rotatable bonds is 7. The van der Waals surface area contributed by atoms with Gasteiger partial charge in [0.15, 0.2) is 0 Å². The van der Waals surface area contributed by atoms with Crippen LogP contribution in [0.3, 0.4) is 0 Å². The van der Waals surface area contributed by atoms with Crippen LogP contribution in [0.2, 0.25) is 0 Å². The molecule has 1 amide bonds. The molecule has 0 radical (unpaired) electrons. The Balaban J connectivity index is 1.90. The van der Waals surface area contributed by atoms with Gasteiger partial charge in [-0.25, -0.2) is 13.1 Å². The van der Waals surface area contributed by atoms with Crippen LogP contribution in [0.4, 0.5) is 5.69 Å². The third kappa shape index (κ3) is 5.57. The van der Waals surface area contributed by atoms with Crippen molar-refractivity contribution in [1.29, 1.82) is 0 Å². The van der Waals surface area contributed by atoms with Gasteiger partial charge in [-0.3, -0.25) is 4.79 Å². The SMILES string of the molecule is CCNS(=O)(=O)c1ccc(CCC(=O)Nc2ccc(I)cc2)cc1. The number of anilines is 1. The molecule has 0 spiro atoms. The lowest BCUT2D eigenvalue weighted by atomic mass is 10.1. The van der Waals surface area contributed by atoms with Crippen LogP contribution in [0.5, 0.6) is 0 Å². The number of amides is 1. The normalized spacial score (nSPS) is 11.2. The predicted molar refractivity (Wildman–Crippen MR) is 103 cm³/mol. The Labute approximate surface area is 156 Å². The number of hydrogen-bond donors (Lipinski definition) is 2. The highest BCUT2D eigenvalue weighted by atomic mass is 127. The van der Waals surface area contributed by atoms with E-state index in [4.69, 9.17) is 0 Å². The van der Waals surface area contributed by atoms with Crippen molar-refractivity contribution in [3.05, 3.63) is 57.7 Å². The standard InChI is InChI=1S/C17H19IN2O3S/c1-2-19-24(22,23)16-10-3-13(4-11-16)5-12-17(21)20-15-8-6-14(18)7-9-15/h3-4,6-11,19H,2,5,12H2,1H3,(H,20,21). The summed E-state index contributed by atoms with van der Waals surface area (Å²) in [7, 11) is -3.43. The van der Waals surface area contributed by atoms with Crippen molar-refractivity contribution in [3.63, 3.8) is 0 Å². The molecule has 2 aromatic carbocycles. The van der Waals surface area contributed by atoms with Crippen molar-refractivity contribution in [2.75, 3.05) is 11.9 Å². The zero-order valence-corrected chi connectivity index (χ0v) is 16.2. The van der Waals surface area contributed by atoms with Crippen LogP contribution in [-0.2, 0) is 21.2 Å². The molecular formula is C17H19IN2O3S. The largest absolute Gasteiger partial charge is 0.326 e. The third-order valence-corrected chi connectivity index (χ3v) is 5.62. The van der Waals surface area contributed by atoms with Gasteiger partial charge in [-0.1, -0.05) is 19.1 Å². The van der Waals surface area contributed by atoms with Crippen LogP contribution in [0.25, 0.3) is 0 Å². The van der Waals surface area contributed by atoms with Gasteiger partial charge < -0.3 is 5.32 Å².